The molecule has 174 valence electrons. The number of aromatic amines is 1. The number of ketones is 1. The Kier molecular flexibility index (Phi) is 6.97. The fraction of sp³-hybridized carbons (Fsp3) is 0.520. The Morgan fingerprint density at radius 3 is 2.67 bits per heavy atom. The summed E-state index contributed by atoms with van der Waals surface area (Å²) in [5.41, 5.74) is 1.11. The van der Waals surface area contributed by atoms with Gasteiger partial charge in [-0.15, -0.1) is 0 Å². The van der Waals surface area contributed by atoms with Crippen LogP contribution in [0, 0.1) is 23.2 Å². The predicted molar refractivity (Wildman–Crippen MR) is 123 cm³/mol. The number of H-pyrrole nitrogens is 1. The van der Waals surface area contributed by atoms with Crippen LogP contribution in [0.25, 0.3) is 10.9 Å². The molecule has 2 aliphatic rings. The van der Waals surface area contributed by atoms with Gasteiger partial charge in [-0.1, -0.05) is 25.3 Å². The highest BCUT2D eigenvalue weighted by Gasteiger charge is 2.32. The van der Waals surface area contributed by atoms with Crippen LogP contribution >= 0.6 is 0 Å². The zero-order chi connectivity index (χ0) is 23.4. The Morgan fingerprint density at radius 1 is 1.21 bits per heavy atom. The molecular weight excluding hydrogens is 420 g/mol. The fourth-order valence-electron chi connectivity index (χ4n) is 4.79. The summed E-state index contributed by atoms with van der Waals surface area (Å²) in [5, 5.41) is 16.0. The molecule has 0 aliphatic heterocycles. The molecule has 3 unspecified atom stereocenters. The van der Waals surface area contributed by atoms with E-state index >= 15 is 0 Å². The number of aromatic nitrogens is 1. The van der Waals surface area contributed by atoms with Crippen LogP contribution in [0.2, 0.25) is 0 Å². The Labute approximate surface area is 193 Å². The normalized spacial score (nSPS) is 20.0. The van der Waals surface area contributed by atoms with Gasteiger partial charge >= 0.3 is 0 Å². The summed E-state index contributed by atoms with van der Waals surface area (Å²) in [6, 6.07) is 7.85. The first-order chi connectivity index (χ1) is 16.0. The lowest BCUT2D eigenvalue weighted by atomic mass is 9.80. The Bertz CT molecular complexity index is 1080. The average molecular weight is 451 g/mol. The quantitative estimate of drug-likeness (QED) is 0.541. The van der Waals surface area contributed by atoms with Gasteiger partial charge in [0.2, 0.25) is 5.91 Å². The molecule has 8 nitrogen and oxygen atoms in total. The third-order valence-electron chi connectivity index (χ3n) is 6.93. The van der Waals surface area contributed by atoms with E-state index in [0.29, 0.717) is 36.6 Å². The van der Waals surface area contributed by atoms with Gasteiger partial charge in [-0.05, 0) is 49.8 Å². The summed E-state index contributed by atoms with van der Waals surface area (Å²) in [6.07, 6.45) is 6.19. The largest absolute Gasteiger partial charge is 0.496 e. The predicted octanol–water partition coefficient (Wildman–Crippen LogP) is 3.23. The van der Waals surface area contributed by atoms with Crippen LogP contribution in [0.15, 0.2) is 24.3 Å². The van der Waals surface area contributed by atoms with E-state index in [1.807, 2.05) is 18.2 Å². The topological polar surface area (TPSA) is 124 Å². The molecule has 0 saturated heterocycles. The number of ether oxygens (including phenoxy) is 1. The number of nitrogens with one attached hydrogen (secondary N) is 3. The molecule has 33 heavy (non-hydrogen) atoms. The first-order valence-corrected chi connectivity index (χ1v) is 11.7. The molecular formula is C25H30N4O4. The second-order valence-electron chi connectivity index (χ2n) is 9.14. The molecule has 0 radical (unpaired) electrons. The van der Waals surface area contributed by atoms with Crippen molar-refractivity contribution in [2.24, 2.45) is 11.8 Å². The highest BCUT2D eigenvalue weighted by molar-refractivity contribution is 6.01. The Hall–Kier alpha value is -3.34. The molecule has 0 spiro atoms. The van der Waals surface area contributed by atoms with Crippen LogP contribution in [-0.4, -0.2) is 41.8 Å². The summed E-state index contributed by atoms with van der Waals surface area (Å²) in [6.45, 7) is 0. The number of nitrogens with zero attached hydrogens (tertiary/aromatic N) is 1. The van der Waals surface area contributed by atoms with E-state index < -0.39 is 12.1 Å². The van der Waals surface area contributed by atoms with Crippen molar-refractivity contribution in [1.29, 1.82) is 5.26 Å². The Balaban J connectivity index is 1.46. The first-order valence-electron chi connectivity index (χ1n) is 11.7. The van der Waals surface area contributed by atoms with Gasteiger partial charge < -0.3 is 20.4 Å². The van der Waals surface area contributed by atoms with Crippen LogP contribution < -0.4 is 15.4 Å². The summed E-state index contributed by atoms with van der Waals surface area (Å²) in [7, 11) is 1.57. The van der Waals surface area contributed by atoms with Gasteiger partial charge in [0.25, 0.3) is 5.91 Å². The molecule has 3 N–H and O–H groups in total. The minimum atomic E-state index is -0.748. The van der Waals surface area contributed by atoms with Crippen LogP contribution in [0.4, 0.5) is 0 Å². The number of rotatable bonds is 9. The van der Waals surface area contributed by atoms with Crippen molar-refractivity contribution in [1.82, 2.24) is 15.6 Å². The van der Waals surface area contributed by atoms with Gasteiger partial charge in [-0.3, -0.25) is 14.4 Å². The molecule has 2 aliphatic carbocycles. The number of nitriles is 1. The van der Waals surface area contributed by atoms with E-state index in [1.165, 1.54) is 0 Å². The van der Waals surface area contributed by atoms with Gasteiger partial charge in [0.05, 0.1) is 13.2 Å². The molecule has 1 aromatic carbocycles. The first kappa shape index (κ1) is 22.8. The lowest BCUT2D eigenvalue weighted by Gasteiger charge is -2.30. The Morgan fingerprint density at radius 2 is 2.03 bits per heavy atom. The van der Waals surface area contributed by atoms with Crippen molar-refractivity contribution in [2.75, 3.05) is 7.11 Å². The van der Waals surface area contributed by atoms with E-state index in [0.717, 1.165) is 43.0 Å². The van der Waals surface area contributed by atoms with Crippen molar-refractivity contribution >= 4 is 28.5 Å². The lowest BCUT2D eigenvalue weighted by molar-refractivity contribution is -0.125. The molecule has 1 aromatic heterocycles. The van der Waals surface area contributed by atoms with E-state index in [4.69, 9.17) is 4.74 Å². The molecule has 2 fully saturated rings. The van der Waals surface area contributed by atoms with Gasteiger partial charge in [-0.25, -0.2) is 0 Å². The molecule has 1 heterocycles. The summed E-state index contributed by atoms with van der Waals surface area (Å²) < 4.78 is 5.36. The maximum atomic E-state index is 13.1. The number of carbonyl (C=O) groups is 3. The minimum absolute atomic E-state index is 0.165. The number of methoxy groups -OCH3 is 1. The van der Waals surface area contributed by atoms with Crippen LogP contribution in [0.1, 0.15) is 61.9 Å². The maximum Gasteiger partial charge on any atom is 0.268 e. The van der Waals surface area contributed by atoms with Gasteiger partial charge in [-0.2, -0.15) is 5.26 Å². The average Bonchev–Trinajstić information content (AvgIpc) is 3.40. The van der Waals surface area contributed by atoms with E-state index in [-0.39, 0.29) is 23.5 Å². The minimum Gasteiger partial charge on any atom is -0.496 e. The second kappa shape index (κ2) is 10.1. The van der Waals surface area contributed by atoms with Crippen molar-refractivity contribution in [3.63, 3.8) is 0 Å². The number of hydrogen-bond acceptors (Lipinski definition) is 5. The van der Waals surface area contributed by atoms with Crippen LogP contribution in [0.3, 0.4) is 0 Å². The van der Waals surface area contributed by atoms with Crippen molar-refractivity contribution in [3.8, 4) is 11.8 Å². The number of carbonyl (C=O) groups excluding carboxylic acids is 3. The monoisotopic (exact) mass is 450 g/mol. The van der Waals surface area contributed by atoms with Crippen LogP contribution in [0.5, 0.6) is 5.75 Å². The fourth-order valence-corrected chi connectivity index (χ4v) is 4.79. The van der Waals surface area contributed by atoms with Crippen molar-refractivity contribution in [2.45, 2.75) is 63.5 Å². The van der Waals surface area contributed by atoms with Gasteiger partial charge in [0.15, 0.2) is 0 Å². The molecule has 2 amide bonds. The second-order valence-corrected chi connectivity index (χ2v) is 9.14. The summed E-state index contributed by atoms with van der Waals surface area (Å²) >= 11 is 0. The number of hydrogen-bond donors (Lipinski definition) is 3. The van der Waals surface area contributed by atoms with E-state index in [9.17, 15) is 19.6 Å². The number of amides is 2. The van der Waals surface area contributed by atoms with Crippen molar-refractivity contribution < 1.29 is 19.1 Å². The summed E-state index contributed by atoms with van der Waals surface area (Å²) in [4.78, 5) is 41.2. The van der Waals surface area contributed by atoms with Gasteiger partial charge in [0.1, 0.15) is 29.3 Å². The standard InChI is InChI=1S/C25H30N4O4/c1-33-23-10-4-8-19-18(23)13-21(28-19)25(32)29-20(11-15-5-2-6-15)24(31)27-17(14-26)12-16-7-3-9-22(16)30/h4,8,10,13,15-17,20,28H,2-3,5-7,9,11-12H2,1H3,(H,27,31)(H,29,32). The molecule has 0 bridgehead atoms. The highest BCUT2D eigenvalue weighted by Crippen LogP contribution is 2.31. The third-order valence-corrected chi connectivity index (χ3v) is 6.93. The third kappa shape index (κ3) is 5.19. The number of fused-ring (bicyclic) bond motifs is 1. The molecule has 3 atom stereocenters. The van der Waals surface area contributed by atoms with Crippen molar-refractivity contribution in [3.05, 3.63) is 30.0 Å². The molecule has 2 aromatic rings. The number of Topliss-reactive ketones (excluding diaryl/α,β-unsaturated/α-hetero) is 1. The maximum absolute atomic E-state index is 13.1. The highest BCUT2D eigenvalue weighted by atomic mass is 16.5. The smallest absolute Gasteiger partial charge is 0.268 e. The zero-order valence-corrected chi connectivity index (χ0v) is 18.9. The SMILES string of the molecule is COc1cccc2[nH]c(C(=O)NC(CC3CCC3)C(=O)NC(C#N)CC3CCCC3=O)cc12. The lowest BCUT2D eigenvalue weighted by Crippen LogP contribution is -2.51. The zero-order valence-electron chi connectivity index (χ0n) is 18.9. The molecule has 2 saturated carbocycles. The van der Waals surface area contributed by atoms with Crippen LogP contribution in [-0.2, 0) is 9.59 Å². The number of benzene rings is 1. The summed E-state index contributed by atoms with van der Waals surface area (Å²) in [5.74, 6) is 0.271. The molecule has 4 rings (SSSR count). The molecule has 8 heteroatoms. The van der Waals surface area contributed by atoms with Gasteiger partial charge in [0, 0.05) is 23.2 Å². The van der Waals surface area contributed by atoms with E-state index in [2.05, 4.69) is 21.7 Å². The van der Waals surface area contributed by atoms with E-state index in [1.54, 1.807) is 13.2 Å².